The number of phenolic OH excluding ortho intramolecular Hbond substituents is 1. The lowest BCUT2D eigenvalue weighted by Gasteiger charge is -2.08. The number of aryl methyl sites for hydroxylation is 2. The minimum absolute atomic E-state index is 0.204. The van der Waals surface area contributed by atoms with Crippen LogP contribution >= 0.6 is 23.5 Å². The van der Waals surface area contributed by atoms with E-state index < -0.39 is 0 Å². The molecule has 2 aromatic rings. The Kier molecular flexibility index (Phi) is 6.32. The molecule has 4 nitrogen and oxygen atoms in total. The average Bonchev–Trinajstić information content (AvgIpc) is 2.51. The second-order valence-corrected chi connectivity index (χ2v) is 6.47. The molecule has 0 amide bonds. The molecule has 0 aliphatic heterocycles. The van der Waals surface area contributed by atoms with E-state index in [9.17, 15) is 5.11 Å². The minimum Gasteiger partial charge on any atom is -0.507 e. The molecular weight excluding hydrogens is 302 g/mol. The molecule has 1 aromatic carbocycles. The van der Waals surface area contributed by atoms with Gasteiger partial charge in [-0.1, -0.05) is 12.1 Å². The van der Waals surface area contributed by atoms with E-state index in [4.69, 9.17) is 0 Å². The molecule has 0 saturated heterocycles. The molecule has 112 valence electrons. The number of benzene rings is 1. The highest BCUT2D eigenvalue weighted by Crippen LogP contribution is 2.25. The Morgan fingerprint density at radius 2 is 1.48 bits per heavy atom. The fourth-order valence-electron chi connectivity index (χ4n) is 1.86. The number of hydrogen-bond acceptors (Lipinski definition) is 6. The summed E-state index contributed by atoms with van der Waals surface area (Å²) in [6.45, 7) is 0. The highest BCUT2D eigenvalue weighted by atomic mass is 32.2. The van der Waals surface area contributed by atoms with Gasteiger partial charge in [0.1, 0.15) is 17.4 Å². The van der Waals surface area contributed by atoms with Gasteiger partial charge in [-0.25, -0.2) is 15.0 Å². The van der Waals surface area contributed by atoms with Crippen molar-refractivity contribution in [3.05, 3.63) is 35.9 Å². The number of aromatic hydroxyl groups is 1. The molecule has 0 bridgehead atoms. The quantitative estimate of drug-likeness (QED) is 0.846. The van der Waals surface area contributed by atoms with Crippen molar-refractivity contribution in [3.63, 3.8) is 0 Å². The van der Waals surface area contributed by atoms with Crippen molar-refractivity contribution < 1.29 is 5.11 Å². The number of rotatable bonds is 7. The highest BCUT2D eigenvalue weighted by molar-refractivity contribution is 7.98. The third-order valence-corrected chi connectivity index (χ3v) is 4.16. The first-order valence-corrected chi connectivity index (χ1v) is 9.53. The Labute approximate surface area is 133 Å². The largest absolute Gasteiger partial charge is 0.507 e. The van der Waals surface area contributed by atoms with Gasteiger partial charge in [-0.15, -0.1) is 0 Å². The van der Waals surface area contributed by atoms with Gasteiger partial charge >= 0.3 is 0 Å². The first-order chi connectivity index (χ1) is 10.2. The Morgan fingerprint density at radius 1 is 0.905 bits per heavy atom. The molecule has 0 aliphatic rings. The first-order valence-electron chi connectivity index (χ1n) is 6.74. The lowest BCUT2D eigenvalue weighted by Crippen LogP contribution is -2.07. The Morgan fingerprint density at radius 3 is 2.00 bits per heavy atom. The van der Waals surface area contributed by atoms with Crippen molar-refractivity contribution in [2.45, 2.75) is 12.8 Å². The predicted molar refractivity (Wildman–Crippen MR) is 91.1 cm³/mol. The van der Waals surface area contributed by atoms with E-state index in [2.05, 4.69) is 27.5 Å². The van der Waals surface area contributed by atoms with Gasteiger partial charge in [0.25, 0.3) is 0 Å². The maximum atomic E-state index is 9.99. The van der Waals surface area contributed by atoms with E-state index in [1.54, 1.807) is 35.7 Å². The molecule has 0 atom stereocenters. The SMILES string of the molecule is CSCCc1nc(CCSC)nc(-c2ccccc2O)n1. The molecule has 0 spiro atoms. The summed E-state index contributed by atoms with van der Waals surface area (Å²) in [6, 6.07) is 7.16. The molecule has 0 saturated carbocycles. The van der Waals surface area contributed by atoms with E-state index in [-0.39, 0.29) is 5.75 Å². The van der Waals surface area contributed by atoms with Crippen LogP contribution in [0.3, 0.4) is 0 Å². The summed E-state index contributed by atoms with van der Waals surface area (Å²) >= 11 is 3.54. The molecule has 0 unspecified atom stereocenters. The van der Waals surface area contributed by atoms with Crippen LogP contribution in [0.2, 0.25) is 0 Å². The van der Waals surface area contributed by atoms with E-state index >= 15 is 0 Å². The van der Waals surface area contributed by atoms with Gasteiger partial charge in [0.2, 0.25) is 0 Å². The van der Waals surface area contributed by atoms with Crippen LogP contribution in [-0.2, 0) is 12.8 Å². The van der Waals surface area contributed by atoms with E-state index in [0.29, 0.717) is 11.4 Å². The third-order valence-electron chi connectivity index (χ3n) is 2.93. The summed E-state index contributed by atoms with van der Waals surface area (Å²) in [5, 5.41) is 9.99. The van der Waals surface area contributed by atoms with Crippen LogP contribution in [0.25, 0.3) is 11.4 Å². The standard InChI is InChI=1S/C15H19N3OS2/c1-20-9-7-13-16-14(8-10-21-2)18-15(17-13)11-5-3-4-6-12(11)19/h3-6,19H,7-10H2,1-2H3. The van der Waals surface area contributed by atoms with Crippen LogP contribution in [0, 0.1) is 0 Å². The number of phenols is 1. The van der Waals surface area contributed by atoms with Gasteiger partial charge < -0.3 is 5.11 Å². The van der Waals surface area contributed by atoms with Gasteiger partial charge in [-0.05, 0) is 24.6 Å². The van der Waals surface area contributed by atoms with E-state index in [1.807, 2.05) is 12.1 Å². The molecular formula is C15H19N3OS2. The number of hydrogen-bond donors (Lipinski definition) is 1. The summed E-state index contributed by atoms with van der Waals surface area (Å²) in [5.41, 5.74) is 0.663. The molecule has 6 heteroatoms. The zero-order valence-electron chi connectivity index (χ0n) is 12.2. The van der Waals surface area contributed by atoms with Crippen molar-refractivity contribution in [2.24, 2.45) is 0 Å². The minimum atomic E-state index is 0.204. The number of para-hydroxylation sites is 1. The van der Waals surface area contributed by atoms with Gasteiger partial charge in [-0.2, -0.15) is 23.5 Å². The summed E-state index contributed by atoms with van der Waals surface area (Å²) in [5.74, 6) is 4.33. The fraction of sp³-hybridized carbons (Fsp3) is 0.400. The summed E-state index contributed by atoms with van der Waals surface area (Å²) in [6.07, 6.45) is 5.77. The zero-order valence-corrected chi connectivity index (χ0v) is 13.9. The van der Waals surface area contributed by atoms with Gasteiger partial charge in [0.15, 0.2) is 5.82 Å². The topological polar surface area (TPSA) is 58.9 Å². The van der Waals surface area contributed by atoms with Crippen LogP contribution in [-0.4, -0.2) is 44.1 Å². The highest BCUT2D eigenvalue weighted by Gasteiger charge is 2.11. The zero-order chi connectivity index (χ0) is 15.1. The third kappa shape index (κ3) is 4.61. The van der Waals surface area contributed by atoms with Crippen molar-refractivity contribution in [1.82, 2.24) is 15.0 Å². The maximum absolute atomic E-state index is 9.99. The summed E-state index contributed by atoms with van der Waals surface area (Å²) in [4.78, 5) is 13.5. The predicted octanol–water partition coefficient (Wildman–Crippen LogP) is 3.06. The van der Waals surface area contributed by atoms with Crippen molar-refractivity contribution in [2.75, 3.05) is 24.0 Å². The van der Waals surface area contributed by atoms with E-state index in [0.717, 1.165) is 36.0 Å². The number of nitrogens with zero attached hydrogens (tertiary/aromatic N) is 3. The molecule has 1 heterocycles. The molecule has 1 N–H and O–H groups in total. The number of aromatic nitrogens is 3. The normalized spacial score (nSPS) is 10.8. The number of thioether (sulfide) groups is 2. The summed E-state index contributed by atoms with van der Waals surface area (Å²) < 4.78 is 0. The Bertz CT molecular complexity index is 567. The van der Waals surface area contributed by atoms with Crippen LogP contribution in [0.4, 0.5) is 0 Å². The molecule has 21 heavy (non-hydrogen) atoms. The second-order valence-electron chi connectivity index (χ2n) is 4.49. The summed E-state index contributed by atoms with van der Waals surface area (Å²) in [7, 11) is 0. The van der Waals surface area contributed by atoms with Crippen molar-refractivity contribution in [3.8, 4) is 17.1 Å². The first kappa shape index (κ1) is 16.1. The van der Waals surface area contributed by atoms with E-state index in [1.165, 1.54) is 0 Å². The average molecular weight is 321 g/mol. The Balaban J connectivity index is 2.36. The van der Waals surface area contributed by atoms with Crippen LogP contribution < -0.4 is 0 Å². The van der Waals surface area contributed by atoms with Gasteiger partial charge in [-0.3, -0.25) is 0 Å². The maximum Gasteiger partial charge on any atom is 0.167 e. The fourth-order valence-corrected chi connectivity index (χ4v) is 2.64. The van der Waals surface area contributed by atoms with Crippen molar-refractivity contribution in [1.29, 1.82) is 0 Å². The van der Waals surface area contributed by atoms with Crippen LogP contribution in [0.5, 0.6) is 5.75 Å². The molecule has 0 radical (unpaired) electrons. The monoisotopic (exact) mass is 321 g/mol. The van der Waals surface area contributed by atoms with Crippen LogP contribution in [0.15, 0.2) is 24.3 Å². The van der Waals surface area contributed by atoms with Gasteiger partial charge in [0.05, 0.1) is 5.56 Å². The molecule has 0 fully saturated rings. The van der Waals surface area contributed by atoms with Crippen molar-refractivity contribution >= 4 is 23.5 Å². The Hall–Kier alpha value is -1.27. The van der Waals surface area contributed by atoms with Gasteiger partial charge in [0, 0.05) is 24.3 Å². The second kappa shape index (κ2) is 8.24. The lowest BCUT2D eigenvalue weighted by molar-refractivity contribution is 0.477. The molecule has 0 aliphatic carbocycles. The van der Waals surface area contributed by atoms with Crippen LogP contribution in [0.1, 0.15) is 11.6 Å². The lowest BCUT2D eigenvalue weighted by atomic mass is 10.2. The molecule has 2 rings (SSSR count). The molecule has 1 aromatic heterocycles. The smallest absolute Gasteiger partial charge is 0.167 e.